The molecule has 1 aliphatic heterocycles. The number of halogens is 1. The highest BCUT2D eigenvalue weighted by Crippen LogP contribution is 2.31. The van der Waals surface area contributed by atoms with Crippen LogP contribution in [0.1, 0.15) is 25.5 Å². The van der Waals surface area contributed by atoms with Gasteiger partial charge in [0.15, 0.2) is 0 Å². The van der Waals surface area contributed by atoms with Crippen molar-refractivity contribution in [3.8, 4) is 0 Å². The summed E-state index contributed by atoms with van der Waals surface area (Å²) in [6, 6.07) is 6.09. The summed E-state index contributed by atoms with van der Waals surface area (Å²) in [5, 5.41) is 0. The van der Waals surface area contributed by atoms with E-state index in [2.05, 4.69) is 33.9 Å². The average molecular weight is 284 g/mol. The van der Waals surface area contributed by atoms with Crippen molar-refractivity contribution < 1.29 is 4.74 Å². The molecule has 0 N–H and O–H groups in total. The molecule has 1 aromatic rings. The number of alkyl halides is 1. The first-order valence-corrected chi connectivity index (χ1v) is 6.88. The molecule has 0 aliphatic carbocycles. The summed E-state index contributed by atoms with van der Waals surface area (Å²) >= 11 is 3.80. The van der Waals surface area contributed by atoms with E-state index in [1.165, 1.54) is 6.42 Å². The molecule has 0 spiro atoms. The van der Waals surface area contributed by atoms with Gasteiger partial charge >= 0.3 is 0 Å². The van der Waals surface area contributed by atoms with Crippen LogP contribution in [0.5, 0.6) is 0 Å². The lowest BCUT2D eigenvalue weighted by molar-refractivity contribution is 0.0872. The quantitative estimate of drug-likeness (QED) is 0.792. The third-order valence-electron chi connectivity index (χ3n) is 3.26. The Labute approximate surface area is 106 Å². The SMILES string of the molecule is CCC1OCCC1C(Br)Cc1ccccn1. The summed E-state index contributed by atoms with van der Waals surface area (Å²) in [5.74, 6) is 0.631. The number of ether oxygens (including phenoxy) is 1. The summed E-state index contributed by atoms with van der Waals surface area (Å²) in [6.45, 7) is 3.11. The van der Waals surface area contributed by atoms with Gasteiger partial charge < -0.3 is 4.74 Å². The van der Waals surface area contributed by atoms with E-state index < -0.39 is 0 Å². The van der Waals surface area contributed by atoms with Gasteiger partial charge in [0.25, 0.3) is 0 Å². The maximum Gasteiger partial charge on any atom is 0.0612 e. The minimum atomic E-state index is 0.424. The van der Waals surface area contributed by atoms with Gasteiger partial charge in [-0.25, -0.2) is 0 Å². The first kappa shape index (κ1) is 12.1. The maximum atomic E-state index is 5.72. The Morgan fingerprint density at radius 1 is 1.56 bits per heavy atom. The fourth-order valence-corrected chi connectivity index (χ4v) is 3.31. The number of pyridine rings is 1. The molecule has 2 nitrogen and oxygen atoms in total. The van der Waals surface area contributed by atoms with Crippen LogP contribution in [0.3, 0.4) is 0 Å². The third kappa shape index (κ3) is 2.83. The molecule has 0 amide bonds. The van der Waals surface area contributed by atoms with Crippen LogP contribution in [0.2, 0.25) is 0 Å². The van der Waals surface area contributed by atoms with E-state index in [0.29, 0.717) is 16.8 Å². The van der Waals surface area contributed by atoms with Gasteiger partial charge in [-0.05, 0) is 25.0 Å². The van der Waals surface area contributed by atoms with Crippen LogP contribution >= 0.6 is 15.9 Å². The largest absolute Gasteiger partial charge is 0.378 e. The van der Waals surface area contributed by atoms with Crippen molar-refractivity contribution in [3.05, 3.63) is 30.1 Å². The summed E-state index contributed by atoms with van der Waals surface area (Å²) in [4.78, 5) is 4.85. The van der Waals surface area contributed by atoms with Crippen molar-refractivity contribution in [3.63, 3.8) is 0 Å². The molecule has 1 saturated heterocycles. The second kappa shape index (κ2) is 5.78. The van der Waals surface area contributed by atoms with Gasteiger partial charge in [0.1, 0.15) is 0 Å². The van der Waals surface area contributed by atoms with Gasteiger partial charge in [0.05, 0.1) is 6.10 Å². The topological polar surface area (TPSA) is 22.1 Å². The summed E-state index contributed by atoms with van der Waals surface area (Å²) in [7, 11) is 0. The van der Waals surface area contributed by atoms with Crippen molar-refractivity contribution in [1.82, 2.24) is 4.98 Å². The molecule has 0 bridgehead atoms. The molecule has 1 aliphatic rings. The van der Waals surface area contributed by atoms with Gasteiger partial charge in [-0.3, -0.25) is 4.98 Å². The van der Waals surface area contributed by atoms with E-state index in [1.54, 1.807) is 0 Å². The summed E-state index contributed by atoms with van der Waals surface area (Å²) in [6.07, 6.45) is 5.55. The highest BCUT2D eigenvalue weighted by Gasteiger charge is 2.32. The number of hydrogen-bond acceptors (Lipinski definition) is 2. The zero-order valence-corrected chi connectivity index (χ0v) is 11.2. The van der Waals surface area contributed by atoms with Crippen LogP contribution < -0.4 is 0 Å². The Morgan fingerprint density at radius 3 is 3.12 bits per heavy atom. The standard InChI is InChI=1S/C13H18BrNO/c1-2-13-11(6-8-16-13)12(14)9-10-5-3-4-7-15-10/h3-5,7,11-13H,2,6,8-9H2,1H3. The van der Waals surface area contributed by atoms with Crippen LogP contribution in [0, 0.1) is 5.92 Å². The van der Waals surface area contributed by atoms with Crippen LogP contribution in [0.4, 0.5) is 0 Å². The predicted molar refractivity (Wildman–Crippen MR) is 68.8 cm³/mol. The molecule has 0 aromatic carbocycles. The van der Waals surface area contributed by atoms with Gasteiger partial charge in [-0.1, -0.05) is 28.9 Å². The van der Waals surface area contributed by atoms with E-state index in [9.17, 15) is 0 Å². The second-order valence-corrected chi connectivity index (χ2v) is 5.49. The fraction of sp³-hybridized carbons (Fsp3) is 0.615. The monoisotopic (exact) mass is 283 g/mol. The Balaban J connectivity index is 1.95. The van der Waals surface area contributed by atoms with Gasteiger partial charge in [0.2, 0.25) is 0 Å². The lowest BCUT2D eigenvalue weighted by Crippen LogP contribution is -2.25. The average Bonchev–Trinajstić information content (AvgIpc) is 2.78. The van der Waals surface area contributed by atoms with E-state index in [-0.39, 0.29) is 0 Å². The molecule has 88 valence electrons. The van der Waals surface area contributed by atoms with Crippen LogP contribution in [-0.2, 0) is 11.2 Å². The van der Waals surface area contributed by atoms with E-state index >= 15 is 0 Å². The van der Waals surface area contributed by atoms with Crippen molar-refractivity contribution in [2.45, 2.75) is 37.1 Å². The Hall–Kier alpha value is -0.410. The molecular formula is C13H18BrNO. The molecule has 0 saturated carbocycles. The second-order valence-electron chi connectivity index (χ2n) is 4.31. The Bertz CT molecular complexity index is 317. The molecule has 16 heavy (non-hydrogen) atoms. The molecule has 3 heteroatoms. The maximum absolute atomic E-state index is 5.72. The first-order valence-electron chi connectivity index (χ1n) is 5.97. The minimum absolute atomic E-state index is 0.424. The number of hydrogen-bond donors (Lipinski definition) is 0. The fourth-order valence-electron chi connectivity index (χ4n) is 2.37. The van der Waals surface area contributed by atoms with Crippen LogP contribution in [-0.4, -0.2) is 22.5 Å². The first-order chi connectivity index (χ1) is 7.81. The van der Waals surface area contributed by atoms with Gasteiger partial charge in [-0.15, -0.1) is 0 Å². The summed E-state index contributed by atoms with van der Waals surface area (Å²) < 4.78 is 5.72. The highest BCUT2D eigenvalue weighted by atomic mass is 79.9. The molecule has 2 rings (SSSR count). The molecular weight excluding hydrogens is 266 g/mol. The van der Waals surface area contributed by atoms with E-state index in [4.69, 9.17) is 4.74 Å². The minimum Gasteiger partial charge on any atom is -0.378 e. The molecule has 1 fully saturated rings. The number of aromatic nitrogens is 1. The number of nitrogens with zero attached hydrogens (tertiary/aromatic N) is 1. The van der Waals surface area contributed by atoms with Crippen molar-refractivity contribution >= 4 is 15.9 Å². The smallest absolute Gasteiger partial charge is 0.0612 e. The molecule has 3 atom stereocenters. The Morgan fingerprint density at radius 2 is 2.44 bits per heavy atom. The van der Waals surface area contributed by atoms with Crippen LogP contribution in [0.15, 0.2) is 24.4 Å². The molecule has 1 aromatic heterocycles. The van der Waals surface area contributed by atoms with Crippen molar-refractivity contribution in [2.75, 3.05) is 6.61 Å². The zero-order chi connectivity index (χ0) is 11.4. The zero-order valence-electron chi connectivity index (χ0n) is 9.60. The van der Waals surface area contributed by atoms with Crippen molar-refractivity contribution in [2.24, 2.45) is 5.92 Å². The van der Waals surface area contributed by atoms with Gasteiger partial charge in [0, 0.05) is 35.7 Å². The lowest BCUT2D eigenvalue weighted by atomic mass is 9.93. The van der Waals surface area contributed by atoms with E-state index in [1.807, 2.05) is 18.3 Å². The lowest BCUT2D eigenvalue weighted by Gasteiger charge is -2.22. The summed E-state index contributed by atoms with van der Waals surface area (Å²) in [5.41, 5.74) is 1.16. The molecule has 0 radical (unpaired) electrons. The molecule has 2 heterocycles. The van der Waals surface area contributed by atoms with Crippen LogP contribution in [0.25, 0.3) is 0 Å². The van der Waals surface area contributed by atoms with E-state index in [0.717, 1.165) is 25.1 Å². The normalized spacial score (nSPS) is 26.9. The number of rotatable bonds is 4. The molecule has 3 unspecified atom stereocenters. The Kier molecular flexibility index (Phi) is 4.36. The van der Waals surface area contributed by atoms with Gasteiger partial charge in [-0.2, -0.15) is 0 Å². The highest BCUT2D eigenvalue weighted by molar-refractivity contribution is 9.09. The van der Waals surface area contributed by atoms with Crippen molar-refractivity contribution in [1.29, 1.82) is 0 Å². The third-order valence-corrected chi connectivity index (χ3v) is 4.26. The predicted octanol–water partition coefficient (Wildman–Crippen LogP) is 3.20.